The molecule has 0 spiro atoms. The van der Waals surface area contributed by atoms with E-state index in [1.54, 1.807) is 31.4 Å². The van der Waals surface area contributed by atoms with Crippen LogP contribution in [-0.4, -0.2) is 27.2 Å². The molecule has 0 bridgehead atoms. The molecule has 5 nitrogen and oxygen atoms in total. The first-order valence-corrected chi connectivity index (χ1v) is 9.42. The molecule has 1 aliphatic rings. The number of anilines is 1. The second kappa shape index (κ2) is 6.65. The number of hydrogen-bond acceptors (Lipinski definition) is 4. The second-order valence-corrected chi connectivity index (χ2v) is 7.87. The van der Waals surface area contributed by atoms with Gasteiger partial charge in [-0.05, 0) is 42.2 Å². The van der Waals surface area contributed by atoms with Crippen molar-refractivity contribution in [3.8, 4) is 5.75 Å². The molecule has 1 amide bonds. The number of carbonyl (C=O) groups excluding carboxylic acids is 1. The van der Waals surface area contributed by atoms with Crippen LogP contribution in [0, 0.1) is 0 Å². The molecule has 1 aliphatic heterocycles. The highest BCUT2D eigenvalue weighted by atomic mass is 32.2. The molecule has 0 fully saturated rings. The maximum Gasteiger partial charge on any atom is 0.228 e. The highest BCUT2D eigenvalue weighted by molar-refractivity contribution is 7.91. The minimum atomic E-state index is -3.16. The molecule has 0 aliphatic carbocycles. The molecule has 0 saturated carbocycles. The summed E-state index contributed by atoms with van der Waals surface area (Å²) in [5, 5.41) is 2.82. The normalized spacial score (nSPS) is 15.4. The van der Waals surface area contributed by atoms with Crippen molar-refractivity contribution < 1.29 is 17.9 Å². The summed E-state index contributed by atoms with van der Waals surface area (Å²) in [6.45, 7) is 0. The summed E-state index contributed by atoms with van der Waals surface area (Å²) in [4.78, 5) is 12.7. The molecule has 24 heavy (non-hydrogen) atoms. The van der Waals surface area contributed by atoms with Gasteiger partial charge >= 0.3 is 0 Å². The van der Waals surface area contributed by atoms with Crippen LogP contribution in [0.15, 0.2) is 47.4 Å². The van der Waals surface area contributed by atoms with E-state index in [1.165, 1.54) is 0 Å². The van der Waals surface area contributed by atoms with Crippen LogP contribution in [0.4, 0.5) is 5.69 Å². The van der Waals surface area contributed by atoms with Crippen LogP contribution in [0.1, 0.15) is 17.5 Å². The summed E-state index contributed by atoms with van der Waals surface area (Å²) in [5.41, 5.74) is 2.23. The Balaban J connectivity index is 1.76. The van der Waals surface area contributed by atoms with Crippen LogP contribution < -0.4 is 10.1 Å². The summed E-state index contributed by atoms with van der Waals surface area (Å²) in [6, 6.07) is 12.4. The molecule has 0 radical (unpaired) electrons. The fraction of sp³-hybridized carbons (Fsp3) is 0.278. The number of rotatable bonds is 4. The van der Waals surface area contributed by atoms with Crippen LogP contribution in [-0.2, 0) is 27.5 Å². The molecule has 6 heteroatoms. The zero-order chi connectivity index (χ0) is 17.2. The number of nitrogens with one attached hydrogen (secondary N) is 1. The van der Waals surface area contributed by atoms with Gasteiger partial charge in [-0.2, -0.15) is 0 Å². The lowest BCUT2D eigenvalue weighted by Crippen LogP contribution is -2.18. The van der Waals surface area contributed by atoms with Gasteiger partial charge in [-0.15, -0.1) is 0 Å². The Morgan fingerprint density at radius 3 is 2.79 bits per heavy atom. The van der Waals surface area contributed by atoms with Gasteiger partial charge in [0.2, 0.25) is 5.91 Å². The van der Waals surface area contributed by atoms with E-state index >= 15 is 0 Å². The van der Waals surface area contributed by atoms with Crippen molar-refractivity contribution in [2.45, 2.75) is 24.2 Å². The van der Waals surface area contributed by atoms with Gasteiger partial charge in [0.25, 0.3) is 0 Å². The van der Waals surface area contributed by atoms with E-state index in [0.29, 0.717) is 22.8 Å². The molecule has 1 heterocycles. The molecule has 0 atom stereocenters. The molecule has 126 valence electrons. The molecule has 1 N–H and O–H groups in total. The van der Waals surface area contributed by atoms with Crippen LogP contribution in [0.25, 0.3) is 0 Å². The molecular weight excluding hydrogens is 326 g/mol. The topological polar surface area (TPSA) is 72.5 Å². The Bertz CT molecular complexity index is 874. The first kappa shape index (κ1) is 16.5. The van der Waals surface area contributed by atoms with E-state index in [9.17, 15) is 13.2 Å². The maximum atomic E-state index is 12.3. The largest absolute Gasteiger partial charge is 0.495 e. The number of sulfone groups is 1. The number of carbonyl (C=O) groups is 1. The van der Waals surface area contributed by atoms with E-state index in [2.05, 4.69) is 5.32 Å². The number of para-hydroxylation sites is 2. The first-order chi connectivity index (χ1) is 11.5. The van der Waals surface area contributed by atoms with E-state index in [4.69, 9.17) is 4.74 Å². The number of fused-ring (bicyclic) bond motifs is 1. The Kier molecular flexibility index (Phi) is 4.57. The molecule has 2 aromatic carbocycles. The van der Waals surface area contributed by atoms with Crippen molar-refractivity contribution in [2.75, 3.05) is 18.2 Å². The Labute approximate surface area is 141 Å². The molecule has 0 saturated heterocycles. The number of hydrogen-bond donors (Lipinski definition) is 1. The van der Waals surface area contributed by atoms with Crippen LogP contribution in [0.5, 0.6) is 5.75 Å². The van der Waals surface area contributed by atoms with E-state index < -0.39 is 9.84 Å². The lowest BCUT2D eigenvalue weighted by molar-refractivity contribution is -0.115. The van der Waals surface area contributed by atoms with E-state index in [1.807, 2.05) is 18.2 Å². The number of methoxy groups -OCH3 is 1. The molecular formula is C18H19NO4S. The van der Waals surface area contributed by atoms with Gasteiger partial charge in [0.15, 0.2) is 9.84 Å². The highest BCUT2D eigenvalue weighted by Crippen LogP contribution is 2.27. The minimum absolute atomic E-state index is 0.168. The number of benzene rings is 2. The Hall–Kier alpha value is -2.34. The molecule has 0 unspecified atom stereocenters. The zero-order valence-electron chi connectivity index (χ0n) is 13.4. The monoisotopic (exact) mass is 345 g/mol. The summed E-state index contributed by atoms with van der Waals surface area (Å²) in [7, 11) is -1.61. The average molecular weight is 345 g/mol. The highest BCUT2D eigenvalue weighted by Gasteiger charge is 2.23. The van der Waals surface area contributed by atoms with Gasteiger partial charge in [-0.3, -0.25) is 4.79 Å². The van der Waals surface area contributed by atoms with Crippen LogP contribution in [0.2, 0.25) is 0 Å². The third-order valence-electron chi connectivity index (χ3n) is 4.06. The van der Waals surface area contributed by atoms with Crippen molar-refractivity contribution in [3.05, 3.63) is 53.6 Å². The van der Waals surface area contributed by atoms with Crippen molar-refractivity contribution in [1.29, 1.82) is 0 Å². The quantitative estimate of drug-likeness (QED) is 0.924. The molecule has 0 aromatic heterocycles. The SMILES string of the molecule is COc1ccccc1NC(=O)Cc1ccc2c(c1)CCCS2(=O)=O. The fourth-order valence-corrected chi connectivity index (χ4v) is 4.51. The van der Waals surface area contributed by atoms with E-state index in [0.717, 1.165) is 17.5 Å². The predicted octanol–water partition coefficient (Wildman–Crippen LogP) is 2.60. The fourth-order valence-electron chi connectivity index (χ4n) is 2.93. The first-order valence-electron chi connectivity index (χ1n) is 7.77. The van der Waals surface area contributed by atoms with E-state index in [-0.39, 0.29) is 18.1 Å². The van der Waals surface area contributed by atoms with Crippen LogP contribution >= 0.6 is 0 Å². The smallest absolute Gasteiger partial charge is 0.228 e. The Morgan fingerprint density at radius 2 is 2.00 bits per heavy atom. The van der Waals surface area contributed by atoms with Gasteiger partial charge in [0, 0.05) is 0 Å². The zero-order valence-corrected chi connectivity index (χ0v) is 14.2. The van der Waals surface area contributed by atoms with Gasteiger partial charge in [0.05, 0.1) is 29.9 Å². The minimum Gasteiger partial charge on any atom is -0.495 e. The molecule has 2 aromatic rings. The number of ether oxygens (including phenoxy) is 1. The lowest BCUT2D eigenvalue weighted by atomic mass is 10.0. The van der Waals surface area contributed by atoms with Crippen molar-refractivity contribution in [2.24, 2.45) is 0 Å². The van der Waals surface area contributed by atoms with Crippen molar-refractivity contribution >= 4 is 21.4 Å². The summed E-state index contributed by atoms with van der Waals surface area (Å²) >= 11 is 0. The number of amides is 1. The number of aryl methyl sites for hydroxylation is 1. The summed E-state index contributed by atoms with van der Waals surface area (Å²) in [6.07, 6.45) is 1.55. The van der Waals surface area contributed by atoms with Gasteiger partial charge in [-0.25, -0.2) is 8.42 Å². The predicted molar refractivity (Wildman–Crippen MR) is 92.1 cm³/mol. The standard InChI is InChI=1S/C18H19NO4S/c1-23-16-7-3-2-6-15(16)19-18(20)12-13-8-9-17-14(11-13)5-4-10-24(17,21)22/h2-3,6-9,11H,4-5,10,12H2,1H3,(H,19,20). The second-order valence-electron chi connectivity index (χ2n) is 5.79. The van der Waals surface area contributed by atoms with Crippen LogP contribution in [0.3, 0.4) is 0 Å². The summed E-state index contributed by atoms with van der Waals surface area (Å²) < 4.78 is 29.3. The van der Waals surface area contributed by atoms with Gasteiger partial charge in [-0.1, -0.05) is 24.3 Å². The van der Waals surface area contributed by atoms with Gasteiger partial charge in [0.1, 0.15) is 5.75 Å². The van der Waals surface area contributed by atoms with Gasteiger partial charge < -0.3 is 10.1 Å². The molecule has 3 rings (SSSR count). The van der Waals surface area contributed by atoms with Crippen molar-refractivity contribution in [3.63, 3.8) is 0 Å². The third-order valence-corrected chi connectivity index (χ3v) is 5.96. The third kappa shape index (κ3) is 3.43. The lowest BCUT2D eigenvalue weighted by Gasteiger charge is -2.17. The maximum absolute atomic E-state index is 12.3. The Morgan fingerprint density at radius 1 is 1.21 bits per heavy atom. The average Bonchev–Trinajstić information content (AvgIpc) is 2.54. The summed E-state index contributed by atoms with van der Waals surface area (Å²) in [5.74, 6) is 0.633. The van der Waals surface area contributed by atoms with Crippen molar-refractivity contribution in [1.82, 2.24) is 0 Å².